The van der Waals surface area contributed by atoms with E-state index >= 15 is 0 Å². The van der Waals surface area contributed by atoms with E-state index in [4.69, 9.17) is 14.7 Å². The number of hydrogen-bond acceptors (Lipinski definition) is 7. The quantitative estimate of drug-likeness (QED) is 0.456. The SMILES string of the molecule is OC(CSc1nc(CN2CCOCC2)nc2sc3c(c12)CCCC3)c1ccccc1. The Hall–Kier alpha value is -1.51. The molecule has 3 aromatic rings. The Balaban J connectivity index is 1.44. The highest BCUT2D eigenvalue weighted by atomic mass is 32.2. The van der Waals surface area contributed by atoms with E-state index in [2.05, 4.69) is 4.90 Å². The highest BCUT2D eigenvalue weighted by Crippen LogP contribution is 2.40. The summed E-state index contributed by atoms with van der Waals surface area (Å²) in [5.41, 5.74) is 2.41. The topological polar surface area (TPSA) is 58.5 Å². The van der Waals surface area contributed by atoms with Crippen molar-refractivity contribution in [2.45, 2.75) is 43.4 Å². The molecular formula is C23H27N3O2S2. The molecule has 0 saturated carbocycles. The largest absolute Gasteiger partial charge is 0.388 e. The first kappa shape index (κ1) is 20.4. The van der Waals surface area contributed by atoms with Crippen LogP contribution >= 0.6 is 23.1 Å². The molecular weight excluding hydrogens is 414 g/mol. The summed E-state index contributed by atoms with van der Waals surface area (Å²) in [4.78, 5) is 14.9. The summed E-state index contributed by atoms with van der Waals surface area (Å²) in [5.74, 6) is 1.48. The molecule has 2 aromatic heterocycles. The maximum absolute atomic E-state index is 10.7. The number of nitrogens with zero attached hydrogens (tertiary/aromatic N) is 3. The minimum Gasteiger partial charge on any atom is -0.388 e. The Bertz CT molecular complexity index is 1000. The second-order valence-electron chi connectivity index (χ2n) is 7.96. The third-order valence-electron chi connectivity index (χ3n) is 5.86. The molecule has 158 valence electrons. The number of aromatic nitrogens is 2. The molecule has 1 aliphatic heterocycles. The van der Waals surface area contributed by atoms with Gasteiger partial charge in [-0.05, 0) is 36.8 Å². The molecule has 5 nitrogen and oxygen atoms in total. The van der Waals surface area contributed by atoms with Crippen molar-refractivity contribution in [1.29, 1.82) is 0 Å². The molecule has 1 N–H and O–H groups in total. The molecule has 3 heterocycles. The van der Waals surface area contributed by atoms with Gasteiger partial charge in [-0.3, -0.25) is 4.90 Å². The van der Waals surface area contributed by atoms with Gasteiger partial charge in [-0.25, -0.2) is 9.97 Å². The van der Waals surface area contributed by atoms with Gasteiger partial charge in [0.2, 0.25) is 0 Å². The standard InChI is InChI=1S/C23H27N3O2S2/c27-18(16-6-2-1-3-7-16)15-29-22-21-17-8-4-5-9-19(17)30-23(21)25-20(24-22)14-26-10-12-28-13-11-26/h1-3,6-7,18,27H,4-5,8-15H2. The maximum Gasteiger partial charge on any atom is 0.145 e. The van der Waals surface area contributed by atoms with E-state index in [0.717, 1.165) is 66.9 Å². The van der Waals surface area contributed by atoms with Crippen molar-refractivity contribution in [3.8, 4) is 0 Å². The molecule has 1 saturated heterocycles. The van der Waals surface area contributed by atoms with Gasteiger partial charge in [-0.2, -0.15) is 0 Å². The first-order chi connectivity index (χ1) is 14.8. The van der Waals surface area contributed by atoms with Crippen molar-refractivity contribution in [2.75, 3.05) is 32.1 Å². The third kappa shape index (κ3) is 4.41. The second kappa shape index (κ2) is 9.32. The molecule has 1 aromatic carbocycles. The average Bonchev–Trinajstić information content (AvgIpc) is 3.17. The zero-order valence-electron chi connectivity index (χ0n) is 17.0. The van der Waals surface area contributed by atoms with Crippen molar-refractivity contribution in [1.82, 2.24) is 14.9 Å². The fourth-order valence-corrected chi connectivity index (χ4v) is 6.62. The number of fused-ring (bicyclic) bond motifs is 3. The molecule has 2 aliphatic rings. The summed E-state index contributed by atoms with van der Waals surface area (Å²) < 4.78 is 5.48. The highest BCUT2D eigenvalue weighted by molar-refractivity contribution is 7.99. The molecule has 0 bridgehead atoms. The normalized spacial score (nSPS) is 18.4. The smallest absolute Gasteiger partial charge is 0.145 e. The van der Waals surface area contributed by atoms with Gasteiger partial charge in [0.05, 0.1) is 25.9 Å². The van der Waals surface area contributed by atoms with E-state index in [1.807, 2.05) is 41.7 Å². The van der Waals surface area contributed by atoms with Gasteiger partial charge in [-0.1, -0.05) is 30.3 Å². The number of thioether (sulfide) groups is 1. The van der Waals surface area contributed by atoms with E-state index in [-0.39, 0.29) is 0 Å². The minimum atomic E-state index is -0.502. The molecule has 1 atom stereocenters. The summed E-state index contributed by atoms with van der Waals surface area (Å²) in [5, 5.41) is 13.0. The molecule has 30 heavy (non-hydrogen) atoms. The maximum atomic E-state index is 10.7. The summed E-state index contributed by atoms with van der Waals surface area (Å²) >= 11 is 3.52. The lowest BCUT2D eigenvalue weighted by molar-refractivity contribution is 0.0330. The van der Waals surface area contributed by atoms with Gasteiger partial charge in [0.1, 0.15) is 15.7 Å². The molecule has 0 spiro atoms. The molecule has 0 radical (unpaired) electrons. The number of aryl methyl sites for hydroxylation is 2. The molecule has 0 amide bonds. The number of rotatable bonds is 6. The van der Waals surface area contributed by atoms with Crippen LogP contribution in [0, 0.1) is 0 Å². The number of hydrogen-bond donors (Lipinski definition) is 1. The summed E-state index contributed by atoms with van der Waals surface area (Å²) in [7, 11) is 0. The third-order valence-corrected chi connectivity index (χ3v) is 8.10. The lowest BCUT2D eigenvalue weighted by atomic mass is 9.97. The van der Waals surface area contributed by atoms with Crippen molar-refractivity contribution in [3.05, 3.63) is 52.2 Å². The van der Waals surface area contributed by atoms with Gasteiger partial charge < -0.3 is 9.84 Å². The van der Waals surface area contributed by atoms with Gasteiger partial charge in [0.15, 0.2) is 0 Å². The Morgan fingerprint density at radius 1 is 1.10 bits per heavy atom. The summed E-state index contributed by atoms with van der Waals surface area (Å²) in [6.45, 7) is 4.17. The Labute approximate surface area is 185 Å². The number of benzene rings is 1. The van der Waals surface area contributed by atoms with Crippen molar-refractivity contribution >= 4 is 33.3 Å². The van der Waals surface area contributed by atoms with Crippen LogP contribution in [-0.4, -0.2) is 52.0 Å². The highest BCUT2D eigenvalue weighted by Gasteiger charge is 2.23. The van der Waals surface area contributed by atoms with Crippen LogP contribution in [0.1, 0.15) is 40.8 Å². The molecule has 7 heteroatoms. The summed E-state index contributed by atoms with van der Waals surface area (Å²) in [6.07, 6.45) is 4.29. The van der Waals surface area contributed by atoms with Gasteiger partial charge >= 0.3 is 0 Å². The number of ether oxygens (including phenoxy) is 1. The lowest BCUT2D eigenvalue weighted by Crippen LogP contribution is -2.36. The molecule has 5 rings (SSSR count). The van der Waals surface area contributed by atoms with E-state index in [1.54, 1.807) is 11.8 Å². The van der Waals surface area contributed by atoms with Crippen LogP contribution in [0.25, 0.3) is 10.2 Å². The van der Waals surface area contributed by atoms with Crippen LogP contribution in [0.5, 0.6) is 0 Å². The summed E-state index contributed by atoms with van der Waals surface area (Å²) in [6, 6.07) is 9.89. The van der Waals surface area contributed by atoms with E-state index in [9.17, 15) is 5.11 Å². The number of morpholine rings is 1. The average molecular weight is 442 g/mol. The predicted molar refractivity (Wildman–Crippen MR) is 122 cm³/mol. The van der Waals surface area contributed by atoms with Gasteiger partial charge in [0, 0.05) is 29.1 Å². The monoisotopic (exact) mass is 441 g/mol. The van der Waals surface area contributed by atoms with Crippen LogP contribution < -0.4 is 0 Å². The first-order valence-electron chi connectivity index (χ1n) is 10.7. The zero-order chi connectivity index (χ0) is 20.3. The lowest BCUT2D eigenvalue weighted by Gasteiger charge is -2.25. The van der Waals surface area contributed by atoms with E-state index in [1.165, 1.54) is 28.7 Å². The molecule has 1 unspecified atom stereocenters. The minimum absolute atomic E-state index is 0.502. The second-order valence-corrected chi connectivity index (χ2v) is 10.1. The molecule has 1 fully saturated rings. The van der Waals surface area contributed by atoms with Crippen LogP contribution in [0.15, 0.2) is 35.4 Å². The van der Waals surface area contributed by atoms with Gasteiger partial charge in [0.25, 0.3) is 0 Å². The Morgan fingerprint density at radius 3 is 2.73 bits per heavy atom. The number of aliphatic hydroxyl groups excluding tert-OH is 1. The predicted octanol–water partition coefficient (Wildman–Crippen LogP) is 4.23. The van der Waals surface area contributed by atoms with Crippen molar-refractivity contribution in [3.63, 3.8) is 0 Å². The van der Waals surface area contributed by atoms with Crippen molar-refractivity contribution < 1.29 is 9.84 Å². The fraction of sp³-hybridized carbons (Fsp3) is 0.478. The van der Waals surface area contributed by atoms with E-state index in [0.29, 0.717) is 5.75 Å². The molecule has 1 aliphatic carbocycles. The van der Waals surface area contributed by atoms with E-state index < -0.39 is 6.10 Å². The van der Waals surface area contributed by atoms with Gasteiger partial charge in [-0.15, -0.1) is 23.1 Å². The van der Waals surface area contributed by atoms with Crippen LogP contribution in [0.3, 0.4) is 0 Å². The van der Waals surface area contributed by atoms with Crippen LogP contribution in [-0.2, 0) is 24.1 Å². The van der Waals surface area contributed by atoms with Crippen molar-refractivity contribution in [2.24, 2.45) is 0 Å². The Kier molecular flexibility index (Phi) is 6.34. The van der Waals surface area contributed by atoms with Crippen LogP contribution in [0.2, 0.25) is 0 Å². The Morgan fingerprint density at radius 2 is 1.90 bits per heavy atom. The van der Waals surface area contributed by atoms with Crippen LogP contribution in [0.4, 0.5) is 0 Å². The first-order valence-corrected chi connectivity index (χ1v) is 12.6. The number of thiophene rings is 1. The zero-order valence-corrected chi connectivity index (χ0v) is 18.7. The fourth-order valence-electron chi connectivity index (χ4n) is 4.23. The number of aliphatic hydroxyl groups is 1.